The Morgan fingerprint density at radius 1 is 1.40 bits per heavy atom. The topological polar surface area (TPSA) is 21.3 Å². The molecule has 0 aromatic heterocycles. The number of ether oxygens (including phenoxy) is 1. The van der Waals surface area contributed by atoms with Crippen molar-refractivity contribution in [3.05, 3.63) is 29.3 Å². The van der Waals surface area contributed by atoms with Gasteiger partial charge in [-0.05, 0) is 73.9 Å². The van der Waals surface area contributed by atoms with Crippen LogP contribution in [0.3, 0.4) is 0 Å². The minimum Gasteiger partial charge on any atom is -0.494 e. The van der Waals surface area contributed by atoms with Crippen LogP contribution < -0.4 is 10.1 Å². The van der Waals surface area contributed by atoms with Crippen molar-refractivity contribution in [3.8, 4) is 5.75 Å². The zero-order chi connectivity index (χ0) is 14.2. The highest BCUT2D eigenvalue weighted by Gasteiger charge is 2.19. The SMILES string of the molecule is CCCNC1CCCc2cc(OCCCSC)ccc21. The number of fused-ring (bicyclic) bond motifs is 1. The van der Waals surface area contributed by atoms with Crippen LogP contribution in [0.15, 0.2) is 18.2 Å². The summed E-state index contributed by atoms with van der Waals surface area (Å²) < 4.78 is 5.86. The first-order valence-electron chi connectivity index (χ1n) is 7.83. The smallest absolute Gasteiger partial charge is 0.119 e. The Labute approximate surface area is 127 Å². The minimum absolute atomic E-state index is 0.546. The predicted octanol–water partition coefficient (Wildman–Crippen LogP) is 4.20. The molecule has 1 aromatic carbocycles. The molecule has 2 rings (SSSR count). The molecule has 0 saturated heterocycles. The van der Waals surface area contributed by atoms with Crippen LogP contribution in [-0.2, 0) is 6.42 Å². The second-order valence-corrected chi connectivity index (χ2v) is 6.44. The molecule has 1 N–H and O–H groups in total. The molecule has 20 heavy (non-hydrogen) atoms. The van der Waals surface area contributed by atoms with Crippen molar-refractivity contribution >= 4 is 11.8 Å². The van der Waals surface area contributed by atoms with Gasteiger partial charge in [0.15, 0.2) is 0 Å². The molecule has 0 saturated carbocycles. The van der Waals surface area contributed by atoms with E-state index in [1.54, 1.807) is 0 Å². The van der Waals surface area contributed by atoms with E-state index in [1.165, 1.54) is 42.6 Å². The highest BCUT2D eigenvalue weighted by Crippen LogP contribution is 2.32. The molecule has 0 radical (unpaired) electrons. The largest absolute Gasteiger partial charge is 0.494 e. The van der Waals surface area contributed by atoms with Crippen molar-refractivity contribution in [1.29, 1.82) is 0 Å². The van der Waals surface area contributed by atoms with E-state index in [0.29, 0.717) is 6.04 Å². The van der Waals surface area contributed by atoms with Gasteiger partial charge in [-0.1, -0.05) is 13.0 Å². The Kier molecular flexibility index (Phi) is 6.74. The van der Waals surface area contributed by atoms with E-state index >= 15 is 0 Å². The number of hydrogen-bond acceptors (Lipinski definition) is 3. The Balaban J connectivity index is 1.96. The number of aryl methyl sites for hydroxylation is 1. The van der Waals surface area contributed by atoms with Gasteiger partial charge in [-0.25, -0.2) is 0 Å². The van der Waals surface area contributed by atoms with Gasteiger partial charge in [0.2, 0.25) is 0 Å². The van der Waals surface area contributed by atoms with E-state index in [0.717, 1.165) is 25.3 Å². The van der Waals surface area contributed by atoms with Crippen LogP contribution in [0.5, 0.6) is 5.75 Å². The second kappa shape index (κ2) is 8.58. The van der Waals surface area contributed by atoms with Crippen LogP contribution in [-0.4, -0.2) is 25.2 Å². The zero-order valence-corrected chi connectivity index (χ0v) is 13.6. The molecule has 0 bridgehead atoms. The maximum Gasteiger partial charge on any atom is 0.119 e. The fraction of sp³-hybridized carbons (Fsp3) is 0.647. The first-order valence-corrected chi connectivity index (χ1v) is 9.22. The summed E-state index contributed by atoms with van der Waals surface area (Å²) in [5, 5.41) is 3.66. The van der Waals surface area contributed by atoms with E-state index in [4.69, 9.17) is 4.74 Å². The number of hydrogen-bond donors (Lipinski definition) is 1. The Bertz CT molecular complexity index is 408. The Morgan fingerprint density at radius 3 is 3.10 bits per heavy atom. The molecule has 1 aromatic rings. The summed E-state index contributed by atoms with van der Waals surface area (Å²) in [6, 6.07) is 7.22. The number of rotatable bonds is 8. The second-order valence-electron chi connectivity index (χ2n) is 5.45. The molecule has 2 nitrogen and oxygen atoms in total. The molecule has 1 aliphatic carbocycles. The van der Waals surface area contributed by atoms with Crippen LogP contribution in [0.25, 0.3) is 0 Å². The van der Waals surface area contributed by atoms with Crippen LogP contribution in [0.1, 0.15) is 49.8 Å². The van der Waals surface area contributed by atoms with Gasteiger partial charge in [0, 0.05) is 6.04 Å². The third-order valence-electron chi connectivity index (χ3n) is 3.83. The van der Waals surface area contributed by atoms with Crippen LogP contribution in [0, 0.1) is 0 Å². The predicted molar refractivity (Wildman–Crippen MR) is 88.9 cm³/mol. The quantitative estimate of drug-likeness (QED) is 0.726. The molecule has 0 heterocycles. The van der Waals surface area contributed by atoms with Gasteiger partial charge in [0.25, 0.3) is 0 Å². The lowest BCUT2D eigenvalue weighted by molar-refractivity contribution is 0.317. The Morgan fingerprint density at radius 2 is 2.30 bits per heavy atom. The fourth-order valence-corrected chi connectivity index (χ4v) is 3.21. The summed E-state index contributed by atoms with van der Waals surface area (Å²) in [6.07, 6.45) is 8.20. The maximum atomic E-state index is 5.86. The number of thioether (sulfide) groups is 1. The molecule has 0 fully saturated rings. The molecule has 0 spiro atoms. The molecule has 1 unspecified atom stereocenters. The zero-order valence-electron chi connectivity index (χ0n) is 12.8. The van der Waals surface area contributed by atoms with Crippen molar-refractivity contribution in [1.82, 2.24) is 5.32 Å². The van der Waals surface area contributed by atoms with Crippen LogP contribution in [0.4, 0.5) is 0 Å². The Hall–Kier alpha value is -0.670. The summed E-state index contributed by atoms with van der Waals surface area (Å²) in [7, 11) is 0. The van der Waals surface area contributed by atoms with E-state index in [-0.39, 0.29) is 0 Å². The molecule has 112 valence electrons. The molecule has 1 aliphatic rings. The van der Waals surface area contributed by atoms with Crippen molar-refractivity contribution < 1.29 is 4.74 Å². The van der Waals surface area contributed by atoms with Gasteiger partial charge < -0.3 is 10.1 Å². The van der Waals surface area contributed by atoms with Crippen LogP contribution >= 0.6 is 11.8 Å². The molecule has 0 aliphatic heterocycles. The third kappa shape index (κ3) is 4.42. The van der Waals surface area contributed by atoms with Gasteiger partial charge in [0.05, 0.1) is 6.61 Å². The lowest BCUT2D eigenvalue weighted by Crippen LogP contribution is -2.25. The van der Waals surface area contributed by atoms with Gasteiger partial charge in [-0.3, -0.25) is 0 Å². The van der Waals surface area contributed by atoms with Crippen molar-refractivity contribution in [3.63, 3.8) is 0 Å². The van der Waals surface area contributed by atoms with Gasteiger partial charge in [-0.15, -0.1) is 0 Å². The average molecular weight is 293 g/mol. The standard InChI is InChI=1S/C17H27NOS/c1-3-10-18-17-7-4-6-14-13-15(8-9-16(14)17)19-11-5-12-20-2/h8-9,13,17-18H,3-7,10-12H2,1-2H3. The van der Waals surface area contributed by atoms with Gasteiger partial charge in [-0.2, -0.15) is 11.8 Å². The highest BCUT2D eigenvalue weighted by atomic mass is 32.2. The minimum atomic E-state index is 0.546. The monoisotopic (exact) mass is 293 g/mol. The highest BCUT2D eigenvalue weighted by molar-refractivity contribution is 7.98. The van der Waals surface area contributed by atoms with E-state index in [2.05, 4.69) is 36.7 Å². The first kappa shape index (κ1) is 15.7. The fourth-order valence-electron chi connectivity index (χ4n) is 2.80. The molecule has 3 heteroatoms. The molecule has 1 atom stereocenters. The van der Waals surface area contributed by atoms with Crippen molar-refractivity contribution in [2.75, 3.05) is 25.2 Å². The summed E-state index contributed by atoms with van der Waals surface area (Å²) in [4.78, 5) is 0. The van der Waals surface area contributed by atoms with Crippen molar-refractivity contribution in [2.45, 2.75) is 45.1 Å². The van der Waals surface area contributed by atoms with Crippen molar-refractivity contribution in [2.24, 2.45) is 0 Å². The van der Waals surface area contributed by atoms with Crippen LogP contribution in [0.2, 0.25) is 0 Å². The summed E-state index contributed by atoms with van der Waals surface area (Å²) >= 11 is 1.88. The van der Waals surface area contributed by atoms with E-state index < -0.39 is 0 Å². The normalized spacial score (nSPS) is 17.8. The molecule has 0 amide bonds. The van der Waals surface area contributed by atoms with Gasteiger partial charge >= 0.3 is 0 Å². The molecular formula is C17H27NOS. The lowest BCUT2D eigenvalue weighted by Gasteiger charge is -2.27. The maximum absolute atomic E-state index is 5.86. The average Bonchev–Trinajstić information content (AvgIpc) is 2.49. The third-order valence-corrected chi connectivity index (χ3v) is 4.53. The van der Waals surface area contributed by atoms with E-state index in [9.17, 15) is 0 Å². The van der Waals surface area contributed by atoms with E-state index in [1.807, 2.05) is 11.8 Å². The summed E-state index contributed by atoms with van der Waals surface area (Å²) in [5.41, 5.74) is 2.97. The van der Waals surface area contributed by atoms with Gasteiger partial charge in [0.1, 0.15) is 5.75 Å². The number of nitrogens with one attached hydrogen (secondary N) is 1. The first-order chi connectivity index (χ1) is 9.85. The summed E-state index contributed by atoms with van der Waals surface area (Å²) in [6.45, 7) is 4.16. The lowest BCUT2D eigenvalue weighted by atomic mass is 9.87. The summed E-state index contributed by atoms with van der Waals surface area (Å²) in [5.74, 6) is 2.22. The number of benzene rings is 1. The molecular weight excluding hydrogens is 266 g/mol.